The molecular formula is C28H25NO6. The maximum Gasteiger partial charge on any atom is 0.349 e. The number of nitrogens with one attached hydrogen (secondary N) is 1. The number of aryl methyl sites for hydroxylation is 1. The highest BCUT2D eigenvalue weighted by Crippen LogP contribution is 2.22. The van der Waals surface area contributed by atoms with Crippen LogP contribution in [0.1, 0.15) is 41.4 Å². The van der Waals surface area contributed by atoms with Gasteiger partial charge in [0.25, 0.3) is 5.91 Å². The Bertz CT molecular complexity index is 1410. The van der Waals surface area contributed by atoms with Gasteiger partial charge in [-0.2, -0.15) is 0 Å². The number of carbonyl (C=O) groups is 2. The maximum atomic E-state index is 12.7. The fourth-order valence-electron chi connectivity index (χ4n) is 3.65. The number of rotatable bonds is 8. The van der Waals surface area contributed by atoms with Crippen molar-refractivity contribution in [3.8, 4) is 11.5 Å². The molecule has 0 aliphatic carbocycles. The number of ether oxygens (including phenoxy) is 2. The van der Waals surface area contributed by atoms with Crippen molar-refractivity contribution < 1.29 is 23.5 Å². The molecule has 0 aliphatic heterocycles. The summed E-state index contributed by atoms with van der Waals surface area (Å²) in [7, 11) is 0. The monoisotopic (exact) mass is 471 g/mol. The number of fused-ring (bicyclic) bond motifs is 1. The van der Waals surface area contributed by atoms with E-state index in [0.29, 0.717) is 11.1 Å². The number of hydrogen-bond donors (Lipinski definition) is 1. The molecule has 1 heterocycles. The lowest BCUT2D eigenvalue weighted by atomic mass is 10.1. The third kappa shape index (κ3) is 5.76. The van der Waals surface area contributed by atoms with E-state index in [1.54, 1.807) is 18.2 Å². The smallest absolute Gasteiger partial charge is 0.349 e. The van der Waals surface area contributed by atoms with Crippen molar-refractivity contribution in [2.24, 2.45) is 0 Å². The molecule has 178 valence electrons. The van der Waals surface area contributed by atoms with Gasteiger partial charge in [-0.1, -0.05) is 55.5 Å². The molecule has 7 heteroatoms. The first-order valence-electron chi connectivity index (χ1n) is 11.3. The van der Waals surface area contributed by atoms with E-state index in [2.05, 4.69) is 5.32 Å². The zero-order chi connectivity index (χ0) is 24.8. The zero-order valence-electron chi connectivity index (χ0n) is 19.4. The lowest BCUT2D eigenvalue weighted by Gasteiger charge is -2.14. The average Bonchev–Trinajstić information content (AvgIpc) is 2.87. The molecule has 1 atom stereocenters. The summed E-state index contributed by atoms with van der Waals surface area (Å²) < 4.78 is 16.3. The van der Waals surface area contributed by atoms with Gasteiger partial charge in [-0.15, -0.1) is 0 Å². The summed E-state index contributed by atoms with van der Waals surface area (Å²) in [6.45, 7) is 3.57. The summed E-state index contributed by atoms with van der Waals surface area (Å²) in [5.41, 5.74) is 1.22. The molecular weight excluding hydrogens is 446 g/mol. The fourth-order valence-corrected chi connectivity index (χ4v) is 3.65. The van der Waals surface area contributed by atoms with Crippen LogP contribution in [-0.4, -0.2) is 18.5 Å². The number of carbonyl (C=O) groups excluding carboxylic acids is 2. The quantitative estimate of drug-likeness (QED) is 0.225. The molecule has 3 aromatic carbocycles. The number of para-hydroxylation sites is 1. The molecule has 1 aromatic heterocycles. The van der Waals surface area contributed by atoms with Gasteiger partial charge < -0.3 is 19.2 Å². The summed E-state index contributed by atoms with van der Waals surface area (Å²) in [4.78, 5) is 37.4. The van der Waals surface area contributed by atoms with Gasteiger partial charge in [0.1, 0.15) is 22.6 Å². The molecule has 0 saturated heterocycles. The molecule has 1 unspecified atom stereocenters. The molecule has 35 heavy (non-hydrogen) atoms. The highest BCUT2D eigenvalue weighted by molar-refractivity contribution is 5.97. The van der Waals surface area contributed by atoms with Gasteiger partial charge in [0.15, 0.2) is 6.61 Å². The van der Waals surface area contributed by atoms with Crippen LogP contribution in [0.25, 0.3) is 11.0 Å². The molecule has 4 rings (SSSR count). The topological polar surface area (TPSA) is 94.8 Å². The highest BCUT2D eigenvalue weighted by Gasteiger charge is 2.17. The van der Waals surface area contributed by atoms with E-state index in [-0.39, 0.29) is 29.5 Å². The van der Waals surface area contributed by atoms with Gasteiger partial charge in [-0.25, -0.2) is 9.59 Å². The Morgan fingerprint density at radius 2 is 1.71 bits per heavy atom. The van der Waals surface area contributed by atoms with Crippen molar-refractivity contribution in [1.82, 2.24) is 5.32 Å². The number of esters is 1. The Kier molecular flexibility index (Phi) is 7.26. The summed E-state index contributed by atoms with van der Waals surface area (Å²) in [6.07, 6.45) is 0.778. The lowest BCUT2D eigenvalue weighted by molar-refractivity contribution is -0.136. The van der Waals surface area contributed by atoms with E-state index in [9.17, 15) is 14.4 Å². The third-order valence-electron chi connectivity index (χ3n) is 5.53. The summed E-state index contributed by atoms with van der Waals surface area (Å²) in [5.74, 6) is -0.294. The highest BCUT2D eigenvalue weighted by atomic mass is 16.6. The van der Waals surface area contributed by atoms with Crippen LogP contribution in [0.2, 0.25) is 0 Å². The van der Waals surface area contributed by atoms with E-state index in [1.807, 2.05) is 62.4 Å². The number of amides is 1. The molecule has 0 saturated carbocycles. The molecule has 1 N–H and O–H groups in total. The Hall–Kier alpha value is -4.39. The third-order valence-corrected chi connectivity index (χ3v) is 5.53. The number of benzene rings is 3. The van der Waals surface area contributed by atoms with E-state index >= 15 is 0 Å². The van der Waals surface area contributed by atoms with Gasteiger partial charge >= 0.3 is 11.6 Å². The lowest BCUT2D eigenvalue weighted by Crippen LogP contribution is -2.30. The maximum absolute atomic E-state index is 12.7. The van der Waals surface area contributed by atoms with Crippen LogP contribution in [0.3, 0.4) is 0 Å². The average molecular weight is 472 g/mol. The van der Waals surface area contributed by atoms with Crippen LogP contribution in [0.5, 0.6) is 11.5 Å². The minimum atomic E-state index is -0.779. The van der Waals surface area contributed by atoms with E-state index in [1.165, 1.54) is 12.1 Å². The van der Waals surface area contributed by atoms with Crippen LogP contribution in [0, 0.1) is 0 Å². The van der Waals surface area contributed by atoms with Crippen LogP contribution in [-0.2, 0) is 11.2 Å². The first kappa shape index (κ1) is 23.8. The molecule has 0 bridgehead atoms. The Morgan fingerprint density at radius 3 is 2.49 bits per heavy atom. The van der Waals surface area contributed by atoms with E-state index in [4.69, 9.17) is 13.9 Å². The van der Waals surface area contributed by atoms with Crippen molar-refractivity contribution in [2.45, 2.75) is 26.3 Å². The van der Waals surface area contributed by atoms with Crippen molar-refractivity contribution in [2.75, 3.05) is 6.61 Å². The van der Waals surface area contributed by atoms with Crippen LogP contribution >= 0.6 is 0 Å². The van der Waals surface area contributed by atoms with Crippen molar-refractivity contribution in [3.05, 3.63) is 106 Å². The Labute approximate surface area is 202 Å². The zero-order valence-corrected chi connectivity index (χ0v) is 19.4. The molecule has 7 nitrogen and oxygen atoms in total. The minimum absolute atomic E-state index is 0.104. The van der Waals surface area contributed by atoms with Gasteiger partial charge in [-0.3, -0.25) is 4.79 Å². The van der Waals surface area contributed by atoms with E-state index in [0.717, 1.165) is 17.5 Å². The fraction of sp³-hybridized carbons (Fsp3) is 0.179. The van der Waals surface area contributed by atoms with Crippen LogP contribution < -0.4 is 20.4 Å². The largest absolute Gasteiger partial charge is 0.482 e. The minimum Gasteiger partial charge on any atom is -0.482 e. The van der Waals surface area contributed by atoms with Gasteiger partial charge in [-0.05, 0) is 48.7 Å². The second-order valence-corrected chi connectivity index (χ2v) is 7.98. The summed E-state index contributed by atoms with van der Waals surface area (Å²) in [5, 5.41) is 3.33. The van der Waals surface area contributed by atoms with Crippen molar-refractivity contribution >= 4 is 22.8 Å². The summed E-state index contributed by atoms with van der Waals surface area (Å²) in [6, 6.07) is 22.7. The van der Waals surface area contributed by atoms with Crippen LogP contribution in [0.4, 0.5) is 0 Å². The van der Waals surface area contributed by atoms with Crippen LogP contribution in [0.15, 0.2) is 88.1 Å². The predicted octanol–water partition coefficient (Wildman–Crippen LogP) is 4.83. The standard InChI is InChI=1S/C28H25NO6/c1-3-19-9-7-8-12-24(19)33-17-26(30)34-22-14-13-21-15-23(28(32)35-25(21)16-22)27(31)29-18(2)20-10-5-4-6-11-20/h4-16,18H,3,17H2,1-2H3,(H,29,31). The van der Waals surface area contributed by atoms with Crippen molar-refractivity contribution in [3.63, 3.8) is 0 Å². The Balaban J connectivity index is 1.44. The molecule has 0 radical (unpaired) electrons. The van der Waals surface area contributed by atoms with Crippen molar-refractivity contribution in [1.29, 1.82) is 0 Å². The van der Waals surface area contributed by atoms with Gasteiger partial charge in [0.05, 0.1) is 6.04 Å². The summed E-state index contributed by atoms with van der Waals surface area (Å²) >= 11 is 0. The van der Waals surface area contributed by atoms with Gasteiger partial charge in [0.2, 0.25) is 0 Å². The molecule has 1 amide bonds. The normalized spacial score (nSPS) is 11.6. The molecule has 0 aliphatic rings. The second kappa shape index (κ2) is 10.7. The number of hydrogen-bond acceptors (Lipinski definition) is 6. The first-order valence-corrected chi connectivity index (χ1v) is 11.3. The molecule has 0 fully saturated rings. The van der Waals surface area contributed by atoms with E-state index < -0.39 is 17.5 Å². The molecule has 4 aromatic rings. The Morgan fingerprint density at radius 1 is 0.971 bits per heavy atom. The second-order valence-electron chi connectivity index (χ2n) is 7.98. The molecule has 0 spiro atoms. The van der Waals surface area contributed by atoms with Gasteiger partial charge in [0, 0.05) is 11.5 Å². The first-order chi connectivity index (χ1) is 16.9. The SMILES string of the molecule is CCc1ccccc1OCC(=O)Oc1ccc2cc(C(=O)NC(C)c3ccccc3)c(=O)oc2c1. The predicted molar refractivity (Wildman–Crippen MR) is 132 cm³/mol.